The minimum absolute atomic E-state index is 0.192. The normalized spacial score (nSPS) is 12.9. The van der Waals surface area contributed by atoms with Gasteiger partial charge < -0.3 is 14.2 Å². The van der Waals surface area contributed by atoms with Crippen LogP contribution in [-0.4, -0.2) is 24.5 Å². The standard InChI is InChI=1S/C16H17ClNO6P/c1-22-15-9-7-14(8-10-15)18(11-16(19)24-25(17,20)21)23-12-13-5-3-2-4-6-13/h2-10H,11-12H2,1H3,(H,20,21). The monoisotopic (exact) mass is 385 g/mol. The molecule has 1 unspecified atom stereocenters. The van der Waals surface area contributed by atoms with Gasteiger partial charge in [0.25, 0.3) is 0 Å². The summed E-state index contributed by atoms with van der Waals surface area (Å²) in [6, 6.07) is 16.1. The summed E-state index contributed by atoms with van der Waals surface area (Å²) >= 11 is 5.06. The number of hydrogen-bond acceptors (Lipinski definition) is 6. The molecule has 0 radical (unpaired) electrons. The maximum absolute atomic E-state index is 11.8. The molecule has 1 N–H and O–H groups in total. The predicted molar refractivity (Wildman–Crippen MR) is 93.3 cm³/mol. The molecule has 0 aromatic heterocycles. The molecule has 0 aliphatic rings. The molecule has 0 saturated carbocycles. The number of methoxy groups -OCH3 is 1. The first-order chi connectivity index (χ1) is 11.9. The third kappa shape index (κ3) is 6.76. The quantitative estimate of drug-likeness (QED) is 0.549. The fourth-order valence-electron chi connectivity index (χ4n) is 1.96. The van der Waals surface area contributed by atoms with Crippen molar-refractivity contribution in [3.05, 3.63) is 60.2 Å². The lowest BCUT2D eigenvalue weighted by Crippen LogP contribution is -2.30. The van der Waals surface area contributed by atoms with E-state index >= 15 is 0 Å². The Hall–Kier alpha value is -2.05. The van der Waals surface area contributed by atoms with Gasteiger partial charge in [-0.15, -0.1) is 0 Å². The number of ether oxygens (including phenoxy) is 1. The molecule has 0 saturated heterocycles. The lowest BCUT2D eigenvalue weighted by atomic mass is 10.2. The summed E-state index contributed by atoms with van der Waals surface area (Å²) in [6.45, 7) is -4.67. The van der Waals surface area contributed by atoms with E-state index in [0.29, 0.717) is 11.4 Å². The van der Waals surface area contributed by atoms with Crippen molar-refractivity contribution >= 4 is 29.8 Å². The number of benzene rings is 2. The van der Waals surface area contributed by atoms with Gasteiger partial charge in [0.1, 0.15) is 12.3 Å². The summed E-state index contributed by atoms with van der Waals surface area (Å²) in [5.74, 6) is -0.361. The second kappa shape index (κ2) is 8.87. The highest BCUT2D eigenvalue weighted by molar-refractivity contribution is 7.80. The Labute approximate surface area is 150 Å². The average molecular weight is 386 g/mol. The predicted octanol–water partition coefficient (Wildman–Crippen LogP) is 3.52. The molecule has 0 fully saturated rings. The van der Waals surface area contributed by atoms with Crippen molar-refractivity contribution in [3.63, 3.8) is 0 Å². The van der Waals surface area contributed by atoms with Crippen LogP contribution in [0.4, 0.5) is 5.69 Å². The summed E-state index contributed by atoms with van der Waals surface area (Å²) in [6.07, 6.45) is 0. The first kappa shape index (κ1) is 19.3. The van der Waals surface area contributed by atoms with Crippen LogP contribution in [0.1, 0.15) is 5.56 Å². The number of nitrogens with zero attached hydrogens (tertiary/aromatic N) is 1. The molecule has 7 nitrogen and oxygen atoms in total. The van der Waals surface area contributed by atoms with Gasteiger partial charge in [-0.05, 0) is 29.8 Å². The van der Waals surface area contributed by atoms with Gasteiger partial charge in [-0.3, -0.25) is 4.84 Å². The lowest BCUT2D eigenvalue weighted by Gasteiger charge is -2.23. The maximum atomic E-state index is 11.8. The van der Waals surface area contributed by atoms with Crippen molar-refractivity contribution < 1.29 is 28.4 Å². The average Bonchev–Trinajstić information content (AvgIpc) is 2.58. The molecule has 25 heavy (non-hydrogen) atoms. The number of carbonyl (C=O) groups is 1. The highest BCUT2D eigenvalue weighted by Gasteiger charge is 2.23. The first-order valence-corrected chi connectivity index (χ1v) is 9.69. The van der Waals surface area contributed by atoms with E-state index in [-0.39, 0.29) is 6.61 Å². The summed E-state index contributed by atoms with van der Waals surface area (Å²) in [4.78, 5) is 26.4. The van der Waals surface area contributed by atoms with Gasteiger partial charge in [-0.25, -0.2) is 14.4 Å². The zero-order valence-electron chi connectivity index (χ0n) is 13.4. The summed E-state index contributed by atoms with van der Waals surface area (Å²) in [7, 11) is 1.54. The Morgan fingerprint density at radius 3 is 2.36 bits per heavy atom. The first-order valence-electron chi connectivity index (χ1n) is 7.21. The van der Waals surface area contributed by atoms with Crippen LogP contribution >= 0.6 is 18.2 Å². The Bertz CT molecular complexity index is 734. The molecular formula is C16H17ClNO6P. The third-order valence-corrected chi connectivity index (χ3v) is 3.71. The number of rotatable bonds is 8. The van der Waals surface area contributed by atoms with Crippen LogP contribution in [0, 0.1) is 0 Å². The molecular weight excluding hydrogens is 369 g/mol. The van der Waals surface area contributed by atoms with Crippen LogP contribution in [0.5, 0.6) is 5.75 Å². The van der Waals surface area contributed by atoms with Gasteiger partial charge in [0, 0.05) is 11.2 Å². The number of carbonyl (C=O) groups excluding carboxylic acids is 1. The third-order valence-electron chi connectivity index (χ3n) is 3.08. The number of halogens is 1. The second-order valence-electron chi connectivity index (χ2n) is 4.91. The van der Waals surface area contributed by atoms with E-state index in [1.807, 2.05) is 30.3 Å². The largest absolute Gasteiger partial charge is 0.497 e. The molecule has 2 rings (SSSR count). The van der Waals surface area contributed by atoms with Gasteiger partial charge in [0.2, 0.25) is 0 Å². The Morgan fingerprint density at radius 1 is 1.16 bits per heavy atom. The molecule has 0 aliphatic heterocycles. The van der Waals surface area contributed by atoms with E-state index in [0.717, 1.165) is 5.56 Å². The van der Waals surface area contributed by atoms with Crippen molar-refractivity contribution in [1.82, 2.24) is 0 Å². The molecule has 0 aliphatic carbocycles. The molecule has 0 heterocycles. The van der Waals surface area contributed by atoms with Crippen LogP contribution in [0.2, 0.25) is 0 Å². The Balaban J connectivity index is 2.11. The maximum Gasteiger partial charge on any atom is 0.476 e. The Morgan fingerprint density at radius 2 is 1.80 bits per heavy atom. The molecule has 2 aromatic carbocycles. The van der Waals surface area contributed by atoms with Crippen LogP contribution in [0.3, 0.4) is 0 Å². The lowest BCUT2D eigenvalue weighted by molar-refractivity contribution is -0.134. The van der Waals surface area contributed by atoms with E-state index in [2.05, 4.69) is 4.52 Å². The van der Waals surface area contributed by atoms with Crippen LogP contribution in [0.15, 0.2) is 54.6 Å². The number of anilines is 1. The van der Waals surface area contributed by atoms with Crippen LogP contribution in [-0.2, 0) is 25.3 Å². The van der Waals surface area contributed by atoms with Gasteiger partial charge in [0.05, 0.1) is 19.4 Å². The number of hydrogen-bond donors (Lipinski definition) is 1. The zero-order chi connectivity index (χ0) is 18.3. The van der Waals surface area contributed by atoms with E-state index in [1.165, 1.54) is 12.2 Å². The zero-order valence-corrected chi connectivity index (χ0v) is 15.0. The van der Waals surface area contributed by atoms with E-state index in [1.54, 1.807) is 24.3 Å². The van der Waals surface area contributed by atoms with E-state index in [4.69, 9.17) is 25.7 Å². The van der Waals surface area contributed by atoms with Gasteiger partial charge in [-0.1, -0.05) is 30.3 Å². The van der Waals surface area contributed by atoms with Crippen molar-refractivity contribution in [2.24, 2.45) is 0 Å². The molecule has 1 atom stereocenters. The number of hydroxylamine groups is 1. The second-order valence-corrected chi connectivity index (χ2v) is 7.28. The van der Waals surface area contributed by atoms with Gasteiger partial charge in [-0.2, -0.15) is 0 Å². The smallest absolute Gasteiger partial charge is 0.476 e. The molecule has 134 valence electrons. The minimum atomic E-state index is -4.44. The summed E-state index contributed by atoms with van der Waals surface area (Å²) in [5, 5.41) is 1.25. The van der Waals surface area contributed by atoms with Gasteiger partial charge in [0.15, 0.2) is 0 Å². The minimum Gasteiger partial charge on any atom is -0.497 e. The molecule has 0 bridgehead atoms. The van der Waals surface area contributed by atoms with E-state index in [9.17, 15) is 9.36 Å². The topological polar surface area (TPSA) is 85.3 Å². The Kier molecular flexibility index (Phi) is 6.84. The molecule has 2 aromatic rings. The van der Waals surface area contributed by atoms with Crippen LogP contribution < -0.4 is 9.80 Å². The van der Waals surface area contributed by atoms with Crippen molar-refractivity contribution in [2.45, 2.75) is 6.61 Å². The summed E-state index contributed by atoms with van der Waals surface area (Å²) in [5.41, 5.74) is 1.43. The van der Waals surface area contributed by atoms with Crippen molar-refractivity contribution in [2.75, 3.05) is 18.7 Å². The van der Waals surface area contributed by atoms with E-state index < -0.39 is 19.5 Å². The molecule has 0 amide bonds. The fourth-order valence-corrected chi connectivity index (χ4v) is 2.50. The van der Waals surface area contributed by atoms with Crippen LogP contribution in [0.25, 0.3) is 0 Å². The van der Waals surface area contributed by atoms with Gasteiger partial charge >= 0.3 is 12.9 Å². The molecule has 9 heteroatoms. The summed E-state index contributed by atoms with van der Waals surface area (Å²) < 4.78 is 20.4. The van der Waals surface area contributed by atoms with Crippen molar-refractivity contribution in [3.8, 4) is 5.75 Å². The molecule has 0 spiro atoms. The highest BCUT2D eigenvalue weighted by Crippen LogP contribution is 2.47. The van der Waals surface area contributed by atoms with Crippen molar-refractivity contribution in [1.29, 1.82) is 0 Å². The highest BCUT2D eigenvalue weighted by atomic mass is 35.7. The fraction of sp³-hybridized carbons (Fsp3) is 0.188. The SMILES string of the molecule is COc1ccc(N(CC(=O)OP(=O)(O)Cl)OCc2ccccc2)cc1.